The number of aromatic carboxylic acids is 1. The van der Waals surface area contributed by atoms with Gasteiger partial charge in [0, 0.05) is 11.5 Å². The van der Waals surface area contributed by atoms with Crippen molar-refractivity contribution in [2.24, 2.45) is 0 Å². The number of phenolic OH excluding ortho intramolecular Hbond substituents is 1. The number of fused-ring (bicyclic) bond motifs is 1. The molecule has 0 atom stereocenters. The van der Waals surface area contributed by atoms with E-state index in [-0.39, 0.29) is 22.3 Å². The average molecular weight is 210 g/mol. The zero-order valence-electron chi connectivity index (χ0n) is 7.74. The number of halogens is 1. The molecule has 0 saturated heterocycles. The molecule has 0 aliphatic heterocycles. The smallest absolute Gasteiger partial charge is 0.339 e. The molecule has 0 aliphatic rings. The molecule has 2 aromatic rings. The van der Waals surface area contributed by atoms with Crippen molar-refractivity contribution < 1.29 is 23.8 Å². The third kappa shape index (κ3) is 1.32. The number of phenols is 1. The number of carbonyl (C=O) groups is 1. The van der Waals surface area contributed by atoms with Crippen LogP contribution in [0.3, 0.4) is 0 Å². The average Bonchev–Trinajstić information content (AvgIpc) is 2.41. The van der Waals surface area contributed by atoms with Crippen molar-refractivity contribution in [2.75, 3.05) is 0 Å². The van der Waals surface area contributed by atoms with E-state index in [4.69, 9.17) is 14.6 Å². The summed E-state index contributed by atoms with van der Waals surface area (Å²) in [6.45, 7) is 1.47. The van der Waals surface area contributed by atoms with Crippen LogP contribution in [0.25, 0.3) is 11.0 Å². The molecule has 1 heterocycles. The van der Waals surface area contributed by atoms with Crippen molar-refractivity contribution in [1.29, 1.82) is 0 Å². The number of benzene rings is 1. The summed E-state index contributed by atoms with van der Waals surface area (Å²) in [4.78, 5) is 10.9. The van der Waals surface area contributed by atoms with Gasteiger partial charge in [-0.1, -0.05) is 0 Å². The Hall–Kier alpha value is -2.04. The van der Waals surface area contributed by atoms with Crippen molar-refractivity contribution in [1.82, 2.24) is 0 Å². The molecule has 0 unspecified atom stereocenters. The molecule has 5 heteroatoms. The third-order valence-corrected chi connectivity index (χ3v) is 2.15. The lowest BCUT2D eigenvalue weighted by molar-refractivity contribution is 0.0697. The Balaban J connectivity index is 2.87. The van der Waals surface area contributed by atoms with Crippen LogP contribution >= 0.6 is 0 Å². The maximum atomic E-state index is 12.9. The largest absolute Gasteiger partial charge is 0.505 e. The number of hydrogen-bond acceptors (Lipinski definition) is 3. The highest BCUT2D eigenvalue weighted by atomic mass is 19.1. The SMILES string of the molecule is Cc1oc2cc(F)c(O)cc2c1C(=O)O. The van der Waals surface area contributed by atoms with Crippen LogP contribution < -0.4 is 0 Å². The van der Waals surface area contributed by atoms with Gasteiger partial charge in [0.25, 0.3) is 0 Å². The molecular weight excluding hydrogens is 203 g/mol. The number of carboxylic acid groups (broad SMARTS) is 1. The first kappa shape index (κ1) is 9.51. The lowest BCUT2D eigenvalue weighted by Gasteiger charge is -1.95. The number of hydrogen-bond donors (Lipinski definition) is 2. The molecule has 0 fully saturated rings. The van der Waals surface area contributed by atoms with Crippen LogP contribution in [0.2, 0.25) is 0 Å². The van der Waals surface area contributed by atoms with Crippen molar-refractivity contribution in [3.05, 3.63) is 29.3 Å². The van der Waals surface area contributed by atoms with Gasteiger partial charge in [-0.25, -0.2) is 9.18 Å². The number of aryl methyl sites for hydroxylation is 1. The highest BCUT2D eigenvalue weighted by Crippen LogP contribution is 2.30. The Labute approximate surface area is 83.6 Å². The quantitative estimate of drug-likeness (QED) is 0.757. The van der Waals surface area contributed by atoms with Crippen LogP contribution in [-0.2, 0) is 0 Å². The summed E-state index contributed by atoms with van der Waals surface area (Å²) in [5, 5.41) is 18.2. The van der Waals surface area contributed by atoms with Gasteiger partial charge in [-0.3, -0.25) is 0 Å². The summed E-state index contributed by atoms with van der Waals surface area (Å²) >= 11 is 0. The van der Waals surface area contributed by atoms with Crippen LogP contribution in [0.4, 0.5) is 4.39 Å². The Morgan fingerprint density at radius 2 is 2.13 bits per heavy atom. The molecule has 1 aromatic heterocycles. The highest BCUT2D eigenvalue weighted by molar-refractivity contribution is 6.03. The Bertz CT molecular complexity index is 556. The first-order valence-electron chi connectivity index (χ1n) is 4.15. The molecule has 2 rings (SSSR count). The summed E-state index contributed by atoms with van der Waals surface area (Å²) in [5.41, 5.74) is 0.0560. The van der Waals surface area contributed by atoms with E-state index >= 15 is 0 Å². The first-order valence-corrected chi connectivity index (χ1v) is 4.15. The van der Waals surface area contributed by atoms with Gasteiger partial charge >= 0.3 is 5.97 Å². The van der Waals surface area contributed by atoms with Gasteiger partial charge in [0.1, 0.15) is 16.9 Å². The van der Waals surface area contributed by atoms with Crippen LogP contribution in [0.15, 0.2) is 16.5 Å². The van der Waals surface area contributed by atoms with Crippen LogP contribution in [0, 0.1) is 12.7 Å². The van der Waals surface area contributed by atoms with E-state index in [1.165, 1.54) is 6.92 Å². The van der Waals surface area contributed by atoms with Gasteiger partial charge in [-0.05, 0) is 13.0 Å². The fourth-order valence-electron chi connectivity index (χ4n) is 1.49. The number of carboxylic acids is 1. The van der Waals surface area contributed by atoms with Crippen LogP contribution in [-0.4, -0.2) is 16.2 Å². The van der Waals surface area contributed by atoms with E-state index in [0.717, 1.165) is 12.1 Å². The van der Waals surface area contributed by atoms with Gasteiger partial charge in [0.15, 0.2) is 11.6 Å². The maximum Gasteiger partial charge on any atom is 0.339 e. The van der Waals surface area contributed by atoms with Crippen molar-refractivity contribution in [3.63, 3.8) is 0 Å². The standard InChI is InChI=1S/C10H7FO4/c1-4-9(10(13)14)5-2-7(12)6(11)3-8(5)15-4/h2-3,12H,1H3,(H,13,14). The molecule has 0 radical (unpaired) electrons. The van der Waals surface area contributed by atoms with Crippen LogP contribution in [0.5, 0.6) is 5.75 Å². The zero-order valence-corrected chi connectivity index (χ0v) is 7.74. The number of furan rings is 1. The lowest BCUT2D eigenvalue weighted by Crippen LogP contribution is -1.96. The summed E-state index contributed by atoms with van der Waals surface area (Å²) in [5.74, 6) is -2.42. The Morgan fingerprint density at radius 3 is 2.73 bits per heavy atom. The van der Waals surface area contributed by atoms with E-state index < -0.39 is 17.5 Å². The predicted molar refractivity (Wildman–Crippen MR) is 49.5 cm³/mol. The molecule has 2 N–H and O–H groups in total. The van der Waals surface area contributed by atoms with Crippen molar-refractivity contribution in [2.45, 2.75) is 6.92 Å². The fraction of sp³-hybridized carbons (Fsp3) is 0.100. The number of aromatic hydroxyl groups is 1. The second-order valence-electron chi connectivity index (χ2n) is 3.14. The fourth-order valence-corrected chi connectivity index (χ4v) is 1.49. The summed E-state index contributed by atoms with van der Waals surface area (Å²) < 4.78 is 18.0. The van der Waals surface area contributed by atoms with E-state index in [1.54, 1.807) is 0 Å². The minimum Gasteiger partial charge on any atom is -0.505 e. The molecular formula is C10H7FO4. The highest BCUT2D eigenvalue weighted by Gasteiger charge is 2.19. The van der Waals surface area contributed by atoms with E-state index in [2.05, 4.69) is 0 Å². The first-order chi connectivity index (χ1) is 7.00. The molecule has 0 aliphatic carbocycles. The molecule has 15 heavy (non-hydrogen) atoms. The number of rotatable bonds is 1. The Morgan fingerprint density at radius 1 is 1.47 bits per heavy atom. The minimum absolute atomic E-state index is 0.0553. The maximum absolute atomic E-state index is 12.9. The van der Waals surface area contributed by atoms with Gasteiger partial charge in [-0.15, -0.1) is 0 Å². The second kappa shape index (κ2) is 2.98. The van der Waals surface area contributed by atoms with Crippen molar-refractivity contribution >= 4 is 16.9 Å². The van der Waals surface area contributed by atoms with E-state index in [1.807, 2.05) is 0 Å². The summed E-state index contributed by atoms with van der Waals surface area (Å²) in [6.07, 6.45) is 0. The van der Waals surface area contributed by atoms with E-state index in [0.29, 0.717) is 0 Å². The topological polar surface area (TPSA) is 70.7 Å². The molecule has 78 valence electrons. The molecule has 0 bridgehead atoms. The minimum atomic E-state index is -1.17. The van der Waals surface area contributed by atoms with Gasteiger partial charge in [0.05, 0.1) is 0 Å². The Kier molecular flexibility index (Phi) is 1.89. The molecule has 0 spiro atoms. The van der Waals surface area contributed by atoms with E-state index in [9.17, 15) is 9.18 Å². The second-order valence-corrected chi connectivity index (χ2v) is 3.14. The van der Waals surface area contributed by atoms with Gasteiger partial charge in [-0.2, -0.15) is 0 Å². The van der Waals surface area contributed by atoms with Crippen molar-refractivity contribution in [3.8, 4) is 5.75 Å². The monoisotopic (exact) mass is 210 g/mol. The summed E-state index contributed by atoms with van der Waals surface area (Å²) in [7, 11) is 0. The van der Waals surface area contributed by atoms with Gasteiger partial charge in [0.2, 0.25) is 0 Å². The van der Waals surface area contributed by atoms with Crippen LogP contribution in [0.1, 0.15) is 16.1 Å². The molecule has 1 aromatic carbocycles. The predicted octanol–water partition coefficient (Wildman–Crippen LogP) is 2.28. The lowest BCUT2D eigenvalue weighted by atomic mass is 10.1. The normalized spacial score (nSPS) is 10.8. The molecule has 0 amide bonds. The molecule has 4 nitrogen and oxygen atoms in total. The summed E-state index contributed by atoms with van der Waals surface area (Å²) in [6, 6.07) is 2.01. The zero-order chi connectivity index (χ0) is 11.2. The third-order valence-electron chi connectivity index (χ3n) is 2.15. The van der Waals surface area contributed by atoms with Gasteiger partial charge < -0.3 is 14.6 Å². The molecule has 0 saturated carbocycles.